The zero-order valence-electron chi connectivity index (χ0n) is 19.6. The summed E-state index contributed by atoms with van der Waals surface area (Å²) in [6.07, 6.45) is 1.71. The molecule has 190 valence electrons. The third-order valence-electron chi connectivity index (χ3n) is 5.19. The summed E-state index contributed by atoms with van der Waals surface area (Å²) in [4.78, 5) is 12.6. The summed E-state index contributed by atoms with van der Waals surface area (Å²) in [6, 6.07) is 18.6. The lowest BCUT2D eigenvalue weighted by Crippen LogP contribution is -2.40. The smallest absolute Gasteiger partial charge is 0.255 e. The van der Waals surface area contributed by atoms with Gasteiger partial charge in [-0.1, -0.05) is 59.6 Å². The molecule has 1 N–H and O–H groups in total. The molecule has 0 aromatic heterocycles. The maximum atomic E-state index is 13.5. The Morgan fingerprint density at radius 3 is 2.28 bits per heavy atom. The van der Waals surface area contributed by atoms with E-state index in [0.29, 0.717) is 27.8 Å². The number of hydrogen-bond donors (Lipinski definition) is 1. The topological polar surface area (TPSA) is 97.3 Å². The van der Waals surface area contributed by atoms with Crippen molar-refractivity contribution in [2.75, 3.05) is 27.3 Å². The first-order valence-electron chi connectivity index (χ1n) is 10.8. The first-order valence-corrected chi connectivity index (χ1v) is 13.0. The van der Waals surface area contributed by atoms with Crippen molar-refractivity contribution >= 4 is 45.3 Å². The van der Waals surface area contributed by atoms with Crippen LogP contribution in [0.5, 0.6) is 11.5 Å². The van der Waals surface area contributed by atoms with E-state index < -0.39 is 22.5 Å². The molecule has 0 heterocycles. The number of sulfonamides is 1. The largest absolute Gasteiger partial charge is 0.493 e. The van der Waals surface area contributed by atoms with Gasteiger partial charge in [0.25, 0.3) is 5.91 Å². The van der Waals surface area contributed by atoms with E-state index in [1.165, 1.54) is 38.6 Å². The number of ether oxygens (including phenoxy) is 2. The molecular weight excluding hydrogens is 525 g/mol. The fourth-order valence-electron chi connectivity index (χ4n) is 3.31. The Balaban J connectivity index is 1.82. The van der Waals surface area contributed by atoms with E-state index in [2.05, 4.69) is 10.5 Å². The van der Waals surface area contributed by atoms with Gasteiger partial charge in [-0.3, -0.25) is 4.79 Å². The molecule has 0 saturated carbocycles. The van der Waals surface area contributed by atoms with E-state index in [4.69, 9.17) is 32.7 Å². The van der Waals surface area contributed by atoms with E-state index >= 15 is 0 Å². The Bertz CT molecular complexity index is 1310. The van der Waals surface area contributed by atoms with Crippen LogP contribution in [0, 0.1) is 0 Å². The molecule has 0 aliphatic heterocycles. The molecule has 3 aromatic carbocycles. The maximum Gasteiger partial charge on any atom is 0.255 e. The van der Waals surface area contributed by atoms with Gasteiger partial charge in [-0.15, -0.1) is 0 Å². The molecule has 0 aliphatic carbocycles. The molecule has 0 radical (unpaired) electrons. The number of amides is 1. The molecule has 3 aromatic rings. The fraction of sp³-hybridized carbons (Fsp3) is 0.200. The Hall–Kier alpha value is -3.11. The van der Waals surface area contributed by atoms with Crippen LogP contribution in [0.2, 0.25) is 10.0 Å². The molecule has 0 spiro atoms. The van der Waals surface area contributed by atoms with Crippen molar-refractivity contribution in [3.05, 3.63) is 87.9 Å². The van der Waals surface area contributed by atoms with Gasteiger partial charge in [0.1, 0.15) is 0 Å². The van der Waals surface area contributed by atoms with Crippen LogP contribution in [0.4, 0.5) is 0 Å². The number of carbonyl (C=O) groups excluding carboxylic acids is 1. The minimum Gasteiger partial charge on any atom is -0.493 e. The van der Waals surface area contributed by atoms with Gasteiger partial charge in [0.05, 0.1) is 41.9 Å². The second kappa shape index (κ2) is 12.7. The molecule has 36 heavy (non-hydrogen) atoms. The Morgan fingerprint density at radius 2 is 1.64 bits per heavy atom. The van der Waals surface area contributed by atoms with Crippen molar-refractivity contribution in [1.82, 2.24) is 9.73 Å². The van der Waals surface area contributed by atoms with Gasteiger partial charge in [-0.25, -0.2) is 13.8 Å². The monoisotopic (exact) mass is 549 g/mol. The molecule has 0 bridgehead atoms. The standard InChI is InChI=1S/C25H25Cl2N3O5S/c1-34-23-12-11-19(15-24(23)35-2)36(32,33)30(14-13-18-7-4-3-5-8-18)17-25(31)29-28-16-20-21(26)9-6-10-22(20)27/h3-12,15-16H,13-14,17H2,1-2H3,(H,29,31)/b28-16-. The molecular formula is C25H25Cl2N3O5S. The summed E-state index contributed by atoms with van der Waals surface area (Å²) < 4.78 is 38.6. The number of hydrogen-bond acceptors (Lipinski definition) is 6. The van der Waals surface area contributed by atoms with Crippen LogP contribution in [0.1, 0.15) is 11.1 Å². The Kier molecular flexibility index (Phi) is 9.72. The molecule has 0 aliphatic rings. The van der Waals surface area contributed by atoms with Gasteiger partial charge in [0.15, 0.2) is 11.5 Å². The summed E-state index contributed by atoms with van der Waals surface area (Å²) in [5.41, 5.74) is 3.70. The first-order chi connectivity index (χ1) is 17.3. The SMILES string of the molecule is COc1ccc(S(=O)(=O)N(CCc2ccccc2)CC(=O)N/N=C\c2c(Cl)cccc2Cl)cc1OC. The average Bonchev–Trinajstić information content (AvgIpc) is 2.88. The normalized spacial score (nSPS) is 11.6. The molecule has 0 saturated heterocycles. The summed E-state index contributed by atoms with van der Waals surface area (Å²) in [6.45, 7) is -0.398. The molecule has 0 fully saturated rings. The van der Waals surface area contributed by atoms with E-state index in [1.807, 2.05) is 30.3 Å². The fourth-order valence-corrected chi connectivity index (χ4v) is 5.22. The molecule has 1 amide bonds. The third kappa shape index (κ3) is 6.98. The lowest BCUT2D eigenvalue weighted by Gasteiger charge is -2.22. The van der Waals surface area contributed by atoms with Gasteiger partial charge in [0, 0.05) is 18.2 Å². The average molecular weight is 550 g/mol. The van der Waals surface area contributed by atoms with Gasteiger partial charge >= 0.3 is 0 Å². The highest BCUT2D eigenvalue weighted by atomic mass is 35.5. The second-order valence-corrected chi connectivity index (χ2v) is 10.3. The van der Waals surface area contributed by atoms with Crippen molar-refractivity contribution in [1.29, 1.82) is 0 Å². The number of hydrazone groups is 1. The number of carbonyl (C=O) groups is 1. The van der Waals surface area contributed by atoms with E-state index in [9.17, 15) is 13.2 Å². The zero-order valence-corrected chi connectivity index (χ0v) is 22.0. The van der Waals surface area contributed by atoms with Crippen molar-refractivity contribution < 1.29 is 22.7 Å². The number of nitrogens with zero attached hydrogens (tertiary/aromatic N) is 2. The van der Waals surface area contributed by atoms with Crippen LogP contribution in [0.25, 0.3) is 0 Å². The number of nitrogens with one attached hydrogen (secondary N) is 1. The summed E-state index contributed by atoms with van der Waals surface area (Å²) in [5, 5.41) is 4.61. The second-order valence-electron chi connectivity index (χ2n) is 7.52. The number of methoxy groups -OCH3 is 2. The molecule has 3 rings (SSSR count). The van der Waals surface area contributed by atoms with Crippen molar-refractivity contribution in [2.24, 2.45) is 5.10 Å². The van der Waals surface area contributed by atoms with Gasteiger partial charge in [-0.2, -0.15) is 9.41 Å². The quantitative estimate of drug-likeness (QED) is 0.282. The van der Waals surface area contributed by atoms with Gasteiger partial charge in [0.2, 0.25) is 10.0 Å². The predicted octanol–water partition coefficient (Wildman–Crippen LogP) is 4.39. The van der Waals surface area contributed by atoms with Crippen LogP contribution in [0.3, 0.4) is 0 Å². The summed E-state index contributed by atoms with van der Waals surface area (Å²) in [5.74, 6) is 0.0105. The highest BCUT2D eigenvalue weighted by Crippen LogP contribution is 2.30. The molecule has 11 heteroatoms. The van der Waals surface area contributed by atoms with Crippen molar-refractivity contribution in [3.8, 4) is 11.5 Å². The van der Waals surface area contributed by atoms with Crippen molar-refractivity contribution in [2.45, 2.75) is 11.3 Å². The summed E-state index contributed by atoms with van der Waals surface area (Å²) >= 11 is 12.2. The van der Waals surface area contributed by atoms with E-state index in [-0.39, 0.29) is 17.2 Å². The van der Waals surface area contributed by atoms with Crippen LogP contribution >= 0.6 is 23.2 Å². The minimum absolute atomic E-state index is 0.0348. The van der Waals surface area contributed by atoms with E-state index in [1.54, 1.807) is 18.2 Å². The Labute approximate surface area is 220 Å². The number of halogens is 2. The predicted molar refractivity (Wildman–Crippen MR) is 141 cm³/mol. The highest BCUT2D eigenvalue weighted by Gasteiger charge is 2.27. The number of benzene rings is 3. The lowest BCUT2D eigenvalue weighted by molar-refractivity contribution is -0.121. The van der Waals surface area contributed by atoms with Crippen LogP contribution in [-0.4, -0.2) is 52.2 Å². The van der Waals surface area contributed by atoms with E-state index in [0.717, 1.165) is 9.87 Å². The summed E-state index contributed by atoms with van der Waals surface area (Å²) in [7, 11) is -1.20. The third-order valence-corrected chi connectivity index (χ3v) is 7.69. The lowest BCUT2D eigenvalue weighted by atomic mass is 10.1. The van der Waals surface area contributed by atoms with Crippen LogP contribution in [-0.2, 0) is 21.2 Å². The molecule has 0 unspecified atom stereocenters. The zero-order chi connectivity index (χ0) is 26.1. The Morgan fingerprint density at radius 1 is 0.972 bits per heavy atom. The molecule has 8 nitrogen and oxygen atoms in total. The first kappa shape index (κ1) is 27.5. The highest BCUT2D eigenvalue weighted by molar-refractivity contribution is 7.89. The van der Waals surface area contributed by atoms with Crippen LogP contribution < -0.4 is 14.9 Å². The molecule has 0 atom stereocenters. The van der Waals surface area contributed by atoms with Gasteiger partial charge in [-0.05, 0) is 36.2 Å². The van der Waals surface area contributed by atoms with Gasteiger partial charge < -0.3 is 9.47 Å². The maximum absolute atomic E-state index is 13.5. The van der Waals surface area contributed by atoms with Crippen molar-refractivity contribution in [3.63, 3.8) is 0 Å². The number of rotatable bonds is 11. The minimum atomic E-state index is -4.07. The van der Waals surface area contributed by atoms with Crippen LogP contribution in [0.15, 0.2) is 76.7 Å².